The van der Waals surface area contributed by atoms with Crippen molar-refractivity contribution in [2.24, 2.45) is 23.7 Å². The summed E-state index contributed by atoms with van der Waals surface area (Å²) in [6, 6.07) is 0.0229. The van der Waals surface area contributed by atoms with E-state index >= 15 is 0 Å². The Morgan fingerprint density at radius 2 is 1.90 bits per heavy atom. The molecule has 21 heavy (non-hydrogen) atoms. The van der Waals surface area contributed by atoms with Crippen molar-refractivity contribution in [1.29, 1.82) is 0 Å². The van der Waals surface area contributed by atoms with Crippen LogP contribution in [0.25, 0.3) is 0 Å². The van der Waals surface area contributed by atoms with Gasteiger partial charge in [-0.25, -0.2) is 4.79 Å². The van der Waals surface area contributed by atoms with Crippen molar-refractivity contribution in [3.63, 3.8) is 0 Å². The minimum Gasteiger partial charge on any atom is -0.481 e. The van der Waals surface area contributed by atoms with E-state index in [1.165, 1.54) is 12.8 Å². The predicted molar refractivity (Wildman–Crippen MR) is 81.0 cm³/mol. The molecule has 3 unspecified atom stereocenters. The quantitative estimate of drug-likeness (QED) is 0.791. The smallest absolute Gasteiger partial charge is 0.317 e. The normalized spacial score (nSPS) is 25.2. The summed E-state index contributed by atoms with van der Waals surface area (Å²) in [5.41, 5.74) is 0. The fourth-order valence-corrected chi connectivity index (χ4v) is 3.29. The van der Waals surface area contributed by atoms with Gasteiger partial charge < -0.3 is 15.3 Å². The van der Waals surface area contributed by atoms with Gasteiger partial charge in [-0.1, -0.05) is 13.8 Å². The monoisotopic (exact) mass is 296 g/mol. The third-order valence-corrected chi connectivity index (χ3v) is 5.05. The van der Waals surface area contributed by atoms with Crippen LogP contribution in [-0.4, -0.2) is 41.6 Å². The molecule has 2 rings (SSSR count). The van der Waals surface area contributed by atoms with Gasteiger partial charge in [0.1, 0.15) is 0 Å². The van der Waals surface area contributed by atoms with Gasteiger partial charge in [0, 0.05) is 26.1 Å². The second-order valence-corrected chi connectivity index (χ2v) is 6.92. The maximum atomic E-state index is 12.2. The largest absolute Gasteiger partial charge is 0.481 e. The summed E-state index contributed by atoms with van der Waals surface area (Å²) in [6.07, 6.45) is 4.79. The lowest BCUT2D eigenvalue weighted by Crippen LogP contribution is -2.47. The summed E-state index contributed by atoms with van der Waals surface area (Å²) >= 11 is 0. The van der Waals surface area contributed by atoms with Gasteiger partial charge in [-0.2, -0.15) is 0 Å². The van der Waals surface area contributed by atoms with Crippen LogP contribution in [0.1, 0.15) is 46.0 Å². The van der Waals surface area contributed by atoms with Gasteiger partial charge in [0.2, 0.25) is 0 Å². The summed E-state index contributed by atoms with van der Waals surface area (Å²) < 4.78 is 0. The molecule has 0 radical (unpaired) electrons. The molecule has 2 N–H and O–H groups in total. The zero-order chi connectivity index (χ0) is 15.4. The van der Waals surface area contributed by atoms with Gasteiger partial charge in [0.15, 0.2) is 0 Å². The second kappa shape index (κ2) is 7.14. The Labute approximate surface area is 127 Å². The van der Waals surface area contributed by atoms with Crippen LogP contribution < -0.4 is 5.32 Å². The van der Waals surface area contributed by atoms with E-state index in [0.29, 0.717) is 18.4 Å². The average Bonchev–Trinajstić information content (AvgIpc) is 3.28. The highest BCUT2D eigenvalue weighted by atomic mass is 16.4. The summed E-state index contributed by atoms with van der Waals surface area (Å²) in [4.78, 5) is 24.9. The number of nitrogens with zero attached hydrogens (tertiary/aromatic N) is 1. The molecule has 0 bridgehead atoms. The van der Waals surface area contributed by atoms with Crippen LogP contribution in [0.3, 0.4) is 0 Å². The molecule has 1 heterocycles. The lowest BCUT2D eigenvalue weighted by molar-refractivity contribution is -0.138. The van der Waals surface area contributed by atoms with Crippen molar-refractivity contribution in [2.45, 2.75) is 46.0 Å². The van der Waals surface area contributed by atoms with Crippen molar-refractivity contribution in [3.8, 4) is 0 Å². The number of urea groups is 1. The number of carbonyl (C=O) groups excluding carboxylic acids is 1. The van der Waals surface area contributed by atoms with Crippen LogP contribution in [0.2, 0.25) is 0 Å². The number of rotatable bonds is 6. The van der Waals surface area contributed by atoms with Crippen LogP contribution in [0.4, 0.5) is 4.79 Å². The van der Waals surface area contributed by atoms with Crippen LogP contribution in [0.5, 0.6) is 0 Å². The Bertz CT molecular complexity index is 382. The number of hydrogen-bond donors (Lipinski definition) is 2. The van der Waals surface area contributed by atoms with Gasteiger partial charge in [0.05, 0.1) is 0 Å². The first kappa shape index (κ1) is 16.1. The molecule has 1 saturated carbocycles. The number of carboxylic acid groups (broad SMARTS) is 1. The molecule has 2 aliphatic rings. The minimum atomic E-state index is -0.748. The van der Waals surface area contributed by atoms with E-state index in [1.807, 2.05) is 11.8 Å². The Kier molecular flexibility index (Phi) is 5.48. The third kappa shape index (κ3) is 4.90. The Hall–Kier alpha value is -1.26. The number of nitrogens with one attached hydrogen (secondary N) is 1. The van der Waals surface area contributed by atoms with Crippen molar-refractivity contribution in [3.05, 3.63) is 0 Å². The standard InChI is InChI=1S/C16H28N2O3/c1-11(8-15(19)20)14-4-3-7-18(10-14)16(21)17-9-12(2)13-5-6-13/h11-14H,3-10H2,1-2H3,(H,17,21)(H,19,20). The molecule has 5 nitrogen and oxygen atoms in total. The topological polar surface area (TPSA) is 69.6 Å². The van der Waals surface area contributed by atoms with E-state index < -0.39 is 5.97 Å². The molecule has 2 fully saturated rings. The van der Waals surface area contributed by atoms with E-state index in [4.69, 9.17) is 5.11 Å². The van der Waals surface area contributed by atoms with E-state index in [2.05, 4.69) is 12.2 Å². The zero-order valence-corrected chi connectivity index (χ0v) is 13.2. The number of aliphatic carboxylic acids is 1. The van der Waals surface area contributed by atoms with Crippen LogP contribution in [0.15, 0.2) is 0 Å². The Balaban J connectivity index is 1.76. The molecule has 1 saturated heterocycles. The molecule has 5 heteroatoms. The molecule has 0 aromatic carbocycles. The van der Waals surface area contributed by atoms with Gasteiger partial charge in [0.25, 0.3) is 0 Å². The van der Waals surface area contributed by atoms with Crippen LogP contribution in [0, 0.1) is 23.7 Å². The molecule has 3 atom stereocenters. The molecule has 1 aliphatic heterocycles. The predicted octanol–water partition coefficient (Wildman–Crippen LogP) is 2.56. The maximum Gasteiger partial charge on any atom is 0.317 e. The molecule has 2 amide bonds. The van der Waals surface area contributed by atoms with Gasteiger partial charge in [-0.05, 0) is 49.4 Å². The zero-order valence-electron chi connectivity index (χ0n) is 13.2. The van der Waals surface area contributed by atoms with Crippen molar-refractivity contribution < 1.29 is 14.7 Å². The SMILES string of the molecule is CC(CNC(=O)N1CCCC(C(C)CC(=O)O)C1)C1CC1. The van der Waals surface area contributed by atoms with E-state index in [9.17, 15) is 9.59 Å². The van der Waals surface area contributed by atoms with Crippen molar-refractivity contribution >= 4 is 12.0 Å². The molecule has 120 valence electrons. The highest BCUT2D eigenvalue weighted by molar-refractivity contribution is 5.74. The first-order chi connectivity index (χ1) is 9.97. The minimum absolute atomic E-state index is 0.0229. The van der Waals surface area contributed by atoms with E-state index in [-0.39, 0.29) is 18.4 Å². The van der Waals surface area contributed by atoms with E-state index in [0.717, 1.165) is 31.8 Å². The molecular formula is C16H28N2O3. The molecule has 0 aromatic rings. The molecule has 1 aliphatic carbocycles. The Morgan fingerprint density at radius 1 is 1.19 bits per heavy atom. The van der Waals surface area contributed by atoms with Crippen LogP contribution in [-0.2, 0) is 4.79 Å². The van der Waals surface area contributed by atoms with Gasteiger partial charge in [-0.15, -0.1) is 0 Å². The van der Waals surface area contributed by atoms with Crippen molar-refractivity contribution in [2.75, 3.05) is 19.6 Å². The highest BCUT2D eigenvalue weighted by Crippen LogP contribution is 2.36. The second-order valence-electron chi connectivity index (χ2n) is 6.92. The Morgan fingerprint density at radius 3 is 2.52 bits per heavy atom. The summed E-state index contributed by atoms with van der Waals surface area (Å²) in [5.74, 6) is 1.06. The lowest BCUT2D eigenvalue weighted by atomic mass is 9.85. The molecular weight excluding hydrogens is 268 g/mol. The first-order valence-corrected chi connectivity index (χ1v) is 8.22. The fourth-order valence-electron chi connectivity index (χ4n) is 3.29. The third-order valence-electron chi connectivity index (χ3n) is 5.05. The lowest BCUT2D eigenvalue weighted by Gasteiger charge is -2.35. The summed E-state index contributed by atoms with van der Waals surface area (Å²) in [5, 5.41) is 11.9. The van der Waals surface area contributed by atoms with Gasteiger partial charge >= 0.3 is 12.0 Å². The first-order valence-electron chi connectivity index (χ1n) is 8.22. The number of amides is 2. The molecule has 0 aromatic heterocycles. The van der Waals surface area contributed by atoms with Gasteiger partial charge in [-0.3, -0.25) is 4.79 Å². The average molecular weight is 296 g/mol. The number of carbonyl (C=O) groups is 2. The molecule has 0 spiro atoms. The number of piperidine rings is 1. The number of likely N-dealkylation sites (tertiary alicyclic amines) is 1. The summed E-state index contributed by atoms with van der Waals surface area (Å²) in [7, 11) is 0. The number of hydrogen-bond acceptors (Lipinski definition) is 2. The highest BCUT2D eigenvalue weighted by Gasteiger charge is 2.30. The number of carboxylic acids is 1. The maximum absolute atomic E-state index is 12.2. The van der Waals surface area contributed by atoms with Crippen molar-refractivity contribution in [1.82, 2.24) is 10.2 Å². The summed E-state index contributed by atoms with van der Waals surface area (Å²) in [6.45, 7) is 6.43. The fraction of sp³-hybridized carbons (Fsp3) is 0.875. The van der Waals surface area contributed by atoms with Crippen LogP contribution >= 0.6 is 0 Å². The van der Waals surface area contributed by atoms with E-state index in [1.54, 1.807) is 0 Å².